The highest BCUT2D eigenvalue weighted by molar-refractivity contribution is 7.88. The summed E-state index contributed by atoms with van der Waals surface area (Å²) in [7, 11) is -3.27. The first kappa shape index (κ1) is 23.1. The van der Waals surface area contributed by atoms with E-state index in [9.17, 15) is 13.5 Å². The van der Waals surface area contributed by atoms with Crippen molar-refractivity contribution in [2.45, 2.75) is 32.0 Å². The number of aryl methyl sites for hydroxylation is 1. The van der Waals surface area contributed by atoms with Crippen LogP contribution in [0.1, 0.15) is 35.9 Å². The van der Waals surface area contributed by atoms with Crippen LogP contribution < -0.4 is 5.32 Å². The molecule has 1 fully saturated rings. The summed E-state index contributed by atoms with van der Waals surface area (Å²) in [5.41, 5.74) is 4.61. The predicted molar refractivity (Wildman–Crippen MR) is 126 cm³/mol. The minimum atomic E-state index is -3.27. The second-order valence-corrected chi connectivity index (χ2v) is 10.4. The highest BCUT2D eigenvalue weighted by Crippen LogP contribution is 2.27. The fraction of sp³-hybridized carbons (Fsp3) is 0.333. The zero-order valence-corrected chi connectivity index (χ0v) is 19.5. The summed E-state index contributed by atoms with van der Waals surface area (Å²) in [5, 5.41) is 27.8. The summed E-state index contributed by atoms with van der Waals surface area (Å²) in [4.78, 5) is 0. The van der Waals surface area contributed by atoms with Crippen molar-refractivity contribution < 1.29 is 13.5 Å². The van der Waals surface area contributed by atoms with E-state index in [2.05, 4.69) is 16.5 Å². The number of aromatic nitrogens is 2. The van der Waals surface area contributed by atoms with Gasteiger partial charge in [0.2, 0.25) is 10.0 Å². The average Bonchev–Trinajstić information content (AvgIpc) is 3.25. The summed E-state index contributed by atoms with van der Waals surface area (Å²) in [6.07, 6.45) is 1.65. The van der Waals surface area contributed by atoms with Crippen molar-refractivity contribution in [1.29, 1.82) is 5.26 Å². The van der Waals surface area contributed by atoms with Crippen LogP contribution in [0.5, 0.6) is 0 Å². The molecule has 0 aliphatic carbocycles. The number of benzene rings is 2. The van der Waals surface area contributed by atoms with E-state index in [4.69, 9.17) is 5.26 Å². The smallest absolute Gasteiger partial charge is 0.211 e. The number of aliphatic hydroxyl groups is 1. The molecule has 0 bridgehead atoms. The molecule has 9 heteroatoms. The molecule has 172 valence electrons. The van der Waals surface area contributed by atoms with Gasteiger partial charge in [0.05, 0.1) is 29.3 Å². The largest absolute Gasteiger partial charge is 0.373 e. The van der Waals surface area contributed by atoms with Crippen molar-refractivity contribution in [3.8, 4) is 23.0 Å². The van der Waals surface area contributed by atoms with Crippen LogP contribution >= 0.6 is 0 Å². The Morgan fingerprint density at radius 2 is 1.88 bits per heavy atom. The number of hydrogen-bond donors (Lipinski definition) is 2. The molecule has 0 spiro atoms. The summed E-state index contributed by atoms with van der Waals surface area (Å²) in [5.74, 6) is 0. The highest BCUT2D eigenvalue weighted by atomic mass is 32.2. The minimum Gasteiger partial charge on any atom is -0.373 e. The monoisotopic (exact) mass is 465 g/mol. The molecule has 1 aliphatic rings. The lowest BCUT2D eigenvalue weighted by atomic mass is 10.1. The van der Waals surface area contributed by atoms with Gasteiger partial charge in [-0.1, -0.05) is 29.8 Å². The van der Waals surface area contributed by atoms with Crippen LogP contribution in [0.15, 0.2) is 54.6 Å². The molecule has 8 nitrogen and oxygen atoms in total. The summed E-state index contributed by atoms with van der Waals surface area (Å²) in [6.45, 7) is 2.83. The van der Waals surface area contributed by atoms with E-state index in [1.807, 2.05) is 49.4 Å². The van der Waals surface area contributed by atoms with Gasteiger partial charge in [0.1, 0.15) is 11.9 Å². The van der Waals surface area contributed by atoms with Crippen molar-refractivity contribution in [3.63, 3.8) is 0 Å². The number of rotatable bonds is 6. The van der Waals surface area contributed by atoms with Gasteiger partial charge in [-0.3, -0.25) is 5.32 Å². The fourth-order valence-corrected chi connectivity index (χ4v) is 4.94. The van der Waals surface area contributed by atoms with Gasteiger partial charge in [0, 0.05) is 24.7 Å². The van der Waals surface area contributed by atoms with Gasteiger partial charge in [0.15, 0.2) is 0 Å². The van der Waals surface area contributed by atoms with Crippen LogP contribution in [0.2, 0.25) is 0 Å². The van der Waals surface area contributed by atoms with Gasteiger partial charge >= 0.3 is 0 Å². The summed E-state index contributed by atoms with van der Waals surface area (Å²) >= 11 is 0. The van der Waals surface area contributed by atoms with E-state index in [0.717, 1.165) is 35.3 Å². The third-order valence-corrected chi connectivity index (χ3v) is 7.11. The molecule has 2 atom stereocenters. The SMILES string of the molecule is Cc1ccc(-n2nc(C(O)N[C@H]3CCCN(S(C)(=O)=O)C3)cc2-c2ccc(C#N)cc2)cc1. The molecular formula is C24H27N5O3S. The molecule has 1 saturated heterocycles. The molecule has 3 aromatic rings. The number of nitriles is 1. The molecule has 1 aromatic heterocycles. The molecule has 0 saturated carbocycles. The predicted octanol–water partition coefficient (Wildman–Crippen LogP) is 2.72. The lowest BCUT2D eigenvalue weighted by Gasteiger charge is -2.32. The van der Waals surface area contributed by atoms with Crippen LogP contribution in [0, 0.1) is 18.3 Å². The van der Waals surface area contributed by atoms with E-state index < -0.39 is 16.3 Å². The average molecular weight is 466 g/mol. The van der Waals surface area contributed by atoms with Gasteiger partial charge in [-0.25, -0.2) is 17.4 Å². The Kier molecular flexibility index (Phi) is 6.63. The molecule has 0 radical (unpaired) electrons. The fourth-order valence-electron chi connectivity index (χ4n) is 4.03. The number of nitrogens with zero attached hydrogens (tertiary/aromatic N) is 4. The van der Waals surface area contributed by atoms with Gasteiger partial charge in [0.25, 0.3) is 0 Å². The zero-order valence-electron chi connectivity index (χ0n) is 18.6. The summed E-state index contributed by atoms with van der Waals surface area (Å²) in [6, 6.07) is 18.9. The molecule has 2 aromatic carbocycles. The normalized spacial score (nSPS) is 18.1. The molecule has 33 heavy (non-hydrogen) atoms. The van der Waals surface area contributed by atoms with Gasteiger partial charge in [-0.05, 0) is 50.1 Å². The van der Waals surface area contributed by atoms with Crippen molar-refractivity contribution >= 4 is 10.0 Å². The molecule has 2 heterocycles. The van der Waals surface area contributed by atoms with Crippen molar-refractivity contribution in [2.75, 3.05) is 19.3 Å². The van der Waals surface area contributed by atoms with Crippen molar-refractivity contribution in [1.82, 2.24) is 19.4 Å². The maximum absolute atomic E-state index is 11.9. The molecule has 0 amide bonds. The number of hydrogen-bond acceptors (Lipinski definition) is 6. The van der Waals surface area contributed by atoms with Gasteiger partial charge in [-0.2, -0.15) is 10.4 Å². The van der Waals surface area contributed by atoms with Crippen LogP contribution in [0.3, 0.4) is 0 Å². The highest BCUT2D eigenvalue weighted by Gasteiger charge is 2.28. The van der Waals surface area contributed by atoms with E-state index in [1.54, 1.807) is 16.8 Å². The van der Waals surface area contributed by atoms with Crippen LogP contribution in [-0.4, -0.2) is 53.0 Å². The van der Waals surface area contributed by atoms with Crippen molar-refractivity contribution in [2.24, 2.45) is 0 Å². The van der Waals surface area contributed by atoms with E-state index in [-0.39, 0.29) is 6.04 Å². The molecule has 1 aliphatic heterocycles. The minimum absolute atomic E-state index is 0.175. The van der Waals surface area contributed by atoms with Gasteiger partial charge in [-0.15, -0.1) is 0 Å². The Labute approximate surface area is 194 Å². The Morgan fingerprint density at radius 1 is 1.18 bits per heavy atom. The third kappa shape index (κ3) is 5.31. The lowest BCUT2D eigenvalue weighted by Crippen LogP contribution is -2.48. The zero-order chi connectivity index (χ0) is 23.6. The standard InChI is InChI=1S/C24H27N5O3S/c1-17-5-11-21(12-6-17)29-23(19-9-7-18(15-25)8-10-19)14-22(27-29)24(30)26-20-4-3-13-28(16-20)33(2,31)32/h5-12,14,20,24,26,30H,3-4,13,16H2,1-2H3/t20-,24?/m0/s1. The van der Waals surface area contributed by atoms with Gasteiger partial charge < -0.3 is 5.11 Å². The van der Waals surface area contributed by atoms with Crippen LogP contribution in [0.4, 0.5) is 0 Å². The first-order valence-electron chi connectivity index (χ1n) is 10.8. The number of nitrogens with one attached hydrogen (secondary N) is 1. The quantitative estimate of drug-likeness (QED) is 0.542. The summed E-state index contributed by atoms with van der Waals surface area (Å²) < 4.78 is 27.0. The van der Waals surface area contributed by atoms with Crippen LogP contribution in [0.25, 0.3) is 16.9 Å². The third-order valence-electron chi connectivity index (χ3n) is 5.84. The van der Waals surface area contributed by atoms with E-state index >= 15 is 0 Å². The maximum atomic E-state index is 11.9. The molecule has 4 rings (SSSR count). The van der Waals surface area contributed by atoms with Crippen molar-refractivity contribution in [3.05, 3.63) is 71.4 Å². The van der Waals surface area contributed by atoms with E-state index in [1.165, 1.54) is 10.6 Å². The Morgan fingerprint density at radius 3 is 2.52 bits per heavy atom. The Balaban J connectivity index is 1.64. The van der Waals surface area contributed by atoms with E-state index in [0.29, 0.717) is 24.3 Å². The first-order valence-corrected chi connectivity index (χ1v) is 12.7. The molecule has 1 unspecified atom stereocenters. The maximum Gasteiger partial charge on any atom is 0.211 e. The second-order valence-electron chi connectivity index (χ2n) is 8.42. The Hall–Kier alpha value is -3.03. The number of sulfonamides is 1. The number of piperidine rings is 1. The topological polar surface area (TPSA) is 111 Å². The number of aliphatic hydroxyl groups excluding tert-OH is 1. The Bertz CT molecular complexity index is 1260. The lowest BCUT2D eigenvalue weighted by molar-refractivity contribution is 0.104. The first-order chi connectivity index (χ1) is 15.7. The molecular weight excluding hydrogens is 438 g/mol. The second kappa shape index (κ2) is 9.45. The van der Waals surface area contributed by atoms with Crippen LogP contribution in [-0.2, 0) is 10.0 Å². The molecule has 2 N–H and O–H groups in total.